The van der Waals surface area contributed by atoms with Crippen molar-refractivity contribution >= 4 is 38.9 Å². The zero-order valence-corrected chi connectivity index (χ0v) is 13.6. The Hall–Kier alpha value is -1.41. The number of carbonyl (C=O) groups is 1. The number of carboxylic acids is 1. The molecule has 3 rings (SSSR count). The van der Waals surface area contributed by atoms with Crippen LogP contribution in [0.3, 0.4) is 0 Å². The highest BCUT2D eigenvalue weighted by molar-refractivity contribution is 7.91. The molecule has 0 spiro atoms. The van der Waals surface area contributed by atoms with E-state index in [2.05, 4.69) is 4.72 Å². The summed E-state index contributed by atoms with van der Waals surface area (Å²) in [6, 6.07) is 10.2. The zero-order valence-electron chi connectivity index (χ0n) is 11.2. The maximum absolute atomic E-state index is 12.3. The van der Waals surface area contributed by atoms with Crippen LogP contribution in [0.15, 0.2) is 40.6 Å². The Labute approximate surface area is 136 Å². The molecule has 0 amide bonds. The molecule has 1 aromatic heterocycles. The SMILES string of the molecule is O=C(O)C1(NS(=O)(=O)c2ccc(-c3ccc(Cl)cc3)s2)CC1. The number of sulfonamides is 1. The quantitative estimate of drug-likeness (QED) is 0.861. The van der Waals surface area contributed by atoms with Crippen LogP contribution in [0, 0.1) is 0 Å². The number of nitrogens with one attached hydrogen (secondary N) is 1. The molecular formula is C14H12ClNO4S2. The van der Waals surface area contributed by atoms with E-state index in [9.17, 15) is 13.2 Å². The third kappa shape index (κ3) is 2.89. The first-order valence-electron chi connectivity index (χ1n) is 6.46. The molecule has 0 atom stereocenters. The summed E-state index contributed by atoms with van der Waals surface area (Å²) in [5, 5.41) is 9.69. The van der Waals surface area contributed by atoms with Gasteiger partial charge in [-0.05, 0) is 42.7 Å². The smallest absolute Gasteiger partial charge is 0.324 e. The van der Waals surface area contributed by atoms with Crippen molar-refractivity contribution in [3.8, 4) is 10.4 Å². The molecule has 0 bridgehead atoms. The Balaban J connectivity index is 1.87. The van der Waals surface area contributed by atoms with Crippen molar-refractivity contribution in [1.82, 2.24) is 4.72 Å². The van der Waals surface area contributed by atoms with Gasteiger partial charge in [-0.3, -0.25) is 4.79 Å². The summed E-state index contributed by atoms with van der Waals surface area (Å²) in [7, 11) is -3.83. The molecule has 5 nitrogen and oxygen atoms in total. The molecule has 22 heavy (non-hydrogen) atoms. The molecular weight excluding hydrogens is 346 g/mol. The van der Waals surface area contributed by atoms with Crippen molar-refractivity contribution in [2.45, 2.75) is 22.6 Å². The molecule has 1 aromatic carbocycles. The molecule has 8 heteroatoms. The Morgan fingerprint density at radius 1 is 1.18 bits per heavy atom. The van der Waals surface area contributed by atoms with Crippen molar-refractivity contribution in [1.29, 1.82) is 0 Å². The van der Waals surface area contributed by atoms with Crippen LogP contribution in [0.25, 0.3) is 10.4 Å². The van der Waals surface area contributed by atoms with Crippen molar-refractivity contribution in [3.05, 3.63) is 41.4 Å². The van der Waals surface area contributed by atoms with E-state index >= 15 is 0 Å². The molecule has 0 saturated heterocycles. The Morgan fingerprint density at radius 2 is 1.82 bits per heavy atom. The number of benzene rings is 1. The Bertz CT molecular complexity index is 823. The van der Waals surface area contributed by atoms with Crippen molar-refractivity contribution in [2.24, 2.45) is 0 Å². The second kappa shape index (κ2) is 5.34. The molecule has 2 N–H and O–H groups in total. The average molecular weight is 358 g/mol. The van der Waals surface area contributed by atoms with Gasteiger partial charge in [0.2, 0.25) is 0 Å². The van der Waals surface area contributed by atoms with Crippen LogP contribution in [-0.2, 0) is 14.8 Å². The molecule has 2 aromatic rings. The Morgan fingerprint density at radius 3 is 2.36 bits per heavy atom. The fraction of sp³-hybridized carbons (Fsp3) is 0.214. The van der Waals surface area contributed by atoms with E-state index in [1.54, 1.807) is 30.3 Å². The number of aliphatic carboxylic acids is 1. The van der Waals surface area contributed by atoms with E-state index in [0.717, 1.165) is 21.8 Å². The molecule has 1 saturated carbocycles. The minimum absolute atomic E-state index is 0.102. The van der Waals surface area contributed by atoms with Gasteiger partial charge in [0.05, 0.1) is 0 Å². The highest BCUT2D eigenvalue weighted by Crippen LogP contribution is 2.38. The molecule has 0 aliphatic heterocycles. The van der Waals surface area contributed by atoms with Crippen molar-refractivity contribution < 1.29 is 18.3 Å². The largest absolute Gasteiger partial charge is 0.480 e. The number of carboxylic acid groups (broad SMARTS) is 1. The normalized spacial score (nSPS) is 16.4. The number of hydrogen-bond donors (Lipinski definition) is 2. The van der Waals surface area contributed by atoms with Crippen LogP contribution in [0.2, 0.25) is 5.02 Å². The first kappa shape index (κ1) is 15.5. The standard InChI is InChI=1S/C14H12ClNO4S2/c15-10-3-1-9(2-4-10)11-5-6-12(21-11)22(19,20)16-14(7-8-14)13(17)18/h1-6,16H,7-8H2,(H,17,18). The minimum atomic E-state index is -3.83. The zero-order chi connectivity index (χ0) is 16.0. The third-order valence-electron chi connectivity index (χ3n) is 3.46. The average Bonchev–Trinajstić information content (AvgIpc) is 3.05. The van der Waals surface area contributed by atoms with Crippen molar-refractivity contribution in [3.63, 3.8) is 0 Å². The minimum Gasteiger partial charge on any atom is -0.480 e. The van der Waals surface area contributed by atoms with Crippen LogP contribution >= 0.6 is 22.9 Å². The van der Waals surface area contributed by atoms with E-state index in [1.807, 2.05) is 0 Å². The highest BCUT2D eigenvalue weighted by atomic mass is 35.5. The molecule has 1 heterocycles. The topological polar surface area (TPSA) is 83.5 Å². The molecule has 1 fully saturated rings. The van der Waals surface area contributed by atoms with Crippen LogP contribution in [0.1, 0.15) is 12.8 Å². The monoisotopic (exact) mass is 357 g/mol. The van der Waals surface area contributed by atoms with E-state index < -0.39 is 21.5 Å². The molecule has 0 radical (unpaired) electrons. The number of rotatable bonds is 5. The van der Waals surface area contributed by atoms with Crippen LogP contribution < -0.4 is 4.72 Å². The van der Waals surface area contributed by atoms with Gasteiger partial charge < -0.3 is 5.11 Å². The predicted octanol–water partition coefficient (Wildman–Crippen LogP) is 2.96. The van der Waals surface area contributed by atoms with Gasteiger partial charge in [0.15, 0.2) is 0 Å². The molecule has 116 valence electrons. The van der Waals surface area contributed by atoms with E-state index in [4.69, 9.17) is 16.7 Å². The summed E-state index contributed by atoms with van der Waals surface area (Å²) in [6.07, 6.45) is 0.633. The fourth-order valence-electron chi connectivity index (χ4n) is 2.03. The lowest BCUT2D eigenvalue weighted by atomic mass is 10.2. The third-order valence-corrected chi connectivity index (χ3v) is 6.88. The van der Waals surface area contributed by atoms with Crippen LogP contribution in [-0.4, -0.2) is 25.0 Å². The lowest BCUT2D eigenvalue weighted by Gasteiger charge is -2.11. The summed E-state index contributed by atoms with van der Waals surface area (Å²) in [5.74, 6) is -1.13. The van der Waals surface area contributed by atoms with Crippen molar-refractivity contribution in [2.75, 3.05) is 0 Å². The van der Waals surface area contributed by atoms with Gasteiger partial charge in [0.25, 0.3) is 10.0 Å². The second-order valence-corrected chi connectivity index (χ2v) is 8.55. The predicted molar refractivity (Wildman–Crippen MR) is 84.7 cm³/mol. The second-order valence-electron chi connectivity index (χ2n) is 5.12. The van der Waals surface area contributed by atoms with Crippen LogP contribution in [0.5, 0.6) is 0 Å². The van der Waals surface area contributed by atoms with Crippen LogP contribution in [0.4, 0.5) is 0 Å². The maximum atomic E-state index is 12.3. The van der Waals surface area contributed by atoms with Gasteiger partial charge >= 0.3 is 5.97 Å². The molecule has 0 unspecified atom stereocenters. The summed E-state index contributed by atoms with van der Waals surface area (Å²) in [5.41, 5.74) is -0.473. The summed E-state index contributed by atoms with van der Waals surface area (Å²) in [4.78, 5) is 11.9. The first-order chi connectivity index (χ1) is 10.3. The van der Waals surface area contributed by atoms with Gasteiger partial charge in [0.1, 0.15) is 9.75 Å². The summed E-state index contributed by atoms with van der Waals surface area (Å²) in [6.45, 7) is 0. The number of halogens is 1. The highest BCUT2D eigenvalue weighted by Gasteiger charge is 2.53. The first-order valence-corrected chi connectivity index (χ1v) is 9.13. The Kier molecular flexibility index (Phi) is 3.76. The van der Waals surface area contributed by atoms with Gasteiger partial charge in [-0.2, -0.15) is 4.72 Å². The lowest BCUT2D eigenvalue weighted by Crippen LogP contribution is -2.42. The maximum Gasteiger partial charge on any atom is 0.324 e. The number of thiophene rings is 1. The van der Waals surface area contributed by atoms with E-state index in [0.29, 0.717) is 17.9 Å². The van der Waals surface area contributed by atoms with Gasteiger partial charge in [0, 0.05) is 9.90 Å². The summed E-state index contributed by atoms with van der Waals surface area (Å²) < 4.78 is 27.0. The molecule has 1 aliphatic carbocycles. The fourth-order valence-corrected chi connectivity index (χ4v) is 4.88. The van der Waals surface area contributed by atoms with Gasteiger partial charge in [-0.25, -0.2) is 8.42 Å². The van der Waals surface area contributed by atoms with Gasteiger partial charge in [-0.1, -0.05) is 23.7 Å². The van der Waals surface area contributed by atoms with E-state index in [1.165, 1.54) is 6.07 Å². The summed E-state index contributed by atoms with van der Waals surface area (Å²) >= 11 is 6.92. The molecule has 1 aliphatic rings. The number of hydrogen-bond acceptors (Lipinski definition) is 4. The van der Waals surface area contributed by atoms with Gasteiger partial charge in [-0.15, -0.1) is 11.3 Å². The van der Waals surface area contributed by atoms with E-state index in [-0.39, 0.29) is 4.21 Å². The lowest BCUT2D eigenvalue weighted by molar-refractivity contribution is -0.140.